The summed E-state index contributed by atoms with van der Waals surface area (Å²) in [5.41, 5.74) is 5.53. The maximum Gasteiger partial charge on any atom is 0.244 e. The second-order valence-electron chi connectivity index (χ2n) is 7.10. The Morgan fingerprint density at radius 1 is 1.20 bits per heavy atom. The fraction of sp³-hybridized carbons (Fsp3) is 0.160. The standard InChI is InChI=1S/C25H23NO3S/c1-16(12-23(27)26-14-19-10-7-11-30-19)20-13-21-22(18-8-5-4-6-9-18)15-29-25(21)17(2)24(20)28-3/h4-13,15H,14H2,1-3H3,(H,26,27)/b16-12+. The molecule has 1 N–H and O–H groups in total. The number of furan rings is 1. The first-order chi connectivity index (χ1) is 14.6. The molecule has 1 amide bonds. The van der Waals surface area contributed by atoms with E-state index in [1.54, 1.807) is 30.8 Å². The number of allylic oxidation sites excluding steroid dienone is 1. The van der Waals surface area contributed by atoms with Crippen molar-refractivity contribution in [1.29, 1.82) is 0 Å². The molecule has 2 aromatic carbocycles. The normalized spacial score (nSPS) is 11.6. The summed E-state index contributed by atoms with van der Waals surface area (Å²) < 4.78 is 11.6. The lowest BCUT2D eigenvalue weighted by molar-refractivity contribution is -0.116. The quantitative estimate of drug-likeness (QED) is 0.380. The zero-order valence-corrected chi connectivity index (χ0v) is 18.0. The van der Waals surface area contributed by atoms with E-state index in [0.29, 0.717) is 6.54 Å². The van der Waals surface area contributed by atoms with Crippen molar-refractivity contribution in [3.05, 3.63) is 82.3 Å². The van der Waals surface area contributed by atoms with Gasteiger partial charge in [0.1, 0.15) is 11.3 Å². The highest BCUT2D eigenvalue weighted by Crippen LogP contribution is 2.40. The van der Waals surface area contributed by atoms with Gasteiger partial charge in [-0.15, -0.1) is 11.3 Å². The van der Waals surface area contributed by atoms with Crippen LogP contribution in [0.1, 0.15) is 22.9 Å². The van der Waals surface area contributed by atoms with Crippen molar-refractivity contribution in [2.75, 3.05) is 7.11 Å². The van der Waals surface area contributed by atoms with E-state index in [-0.39, 0.29) is 5.91 Å². The van der Waals surface area contributed by atoms with Gasteiger partial charge in [-0.25, -0.2) is 0 Å². The van der Waals surface area contributed by atoms with Crippen LogP contribution in [-0.4, -0.2) is 13.0 Å². The van der Waals surface area contributed by atoms with Gasteiger partial charge in [0.2, 0.25) is 5.91 Å². The molecule has 0 fully saturated rings. The fourth-order valence-corrected chi connectivity index (χ4v) is 4.27. The molecular formula is C25H23NO3S. The number of thiophene rings is 1. The monoisotopic (exact) mass is 417 g/mol. The smallest absolute Gasteiger partial charge is 0.244 e. The number of amides is 1. The van der Waals surface area contributed by atoms with E-state index in [0.717, 1.165) is 49.4 Å². The van der Waals surface area contributed by atoms with Crippen molar-refractivity contribution in [2.24, 2.45) is 0 Å². The van der Waals surface area contributed by atoms with Gasteiger partial charge in [-0.1, -0.05) is 36.4 Å². The van der Waals surface area contributed by atoms with Gasteiger partial charge in [0.05, 0.1) is 19.9 Å². The molecule has 30 heavy (non-hydrogen) atoms. The number of hydrogen-bond donors (Lipinski definition) is 1. The van der Waals surface area contributed by atoms with Gasteiger partial charge in [-0.2, -0.15) is 0 Å². The molecule has 4 rings (SSSR count). The van der Waals surface area contributed by atoms with Crippen LogP contribution in [0, 0.1) is 6.92 Å². The van der Waals surface area contributed by atoms with E-state index in [1.165, 1.54) is 0 Å². The van der Waals surface area contributed by atoms with Crippen molar-refractivity contribution >= 4 is 33.8 Å². The molecule has 0 aliphatic heterocycles. The van der Waals surface area contributed by atoms with E-state index >= 15 is 0 Å². The van der Waals surface area contributed by atoms with Crippen molar-refractivity contribution in [1.82, 2.24) is 5.32 Å². The molecular weight excluding hydrogens is 394 g/mol. The summed E-state index contributed by atoms with van der Waals surface area (Å²) in [5, 5.41) is 5.94. The van der Waals surface area contributed by atoms with E-state index in [4.69, 9.17) is 9.15 Å². The van der Waals surface area contributed by atoms with Crippen LogP contribution in [0.4, 0.5) is 0 Å². The van der Waals surface area contributed by atoms with Gasteiger partial charge >= 0.3 is 0 Å². The van der Waals surface area contributed by atoms with Crippen LogP contribution in [0.2, 0.25) is 0 Å². The molecule has 2 aromatic heterocycles. The average molecular weight is 418 g/mol. The molecule has 4 aromatic rings. The van der Waals surface area contributed by atoms with E-state index in [9.17, 15) is 4.79 Å². The van der Waals surface area contributed by atoms with Crippen LogP contribution in [0.5, 0.6) is 5.75 Å². The third-order valence-electron chi connectivity index (χ3n) is 5.12. The summed E-state index contributed by atoms with van der Waals surface area (Å²) in [6.45, 7) is 4.43. The molecule has 0 aliphatic rings. The molecule has 0 saturated carbocycles. The van der Waals surface area contributed by atoms with Gasteiger partial charge in [0, 0.05) is 33.0 Å². The number of carbonyl (C=O) groups excluding carboxylic acids is 1. The Bertz CT molecular complexity index is 1200. The van der Waals surface area contributed by atoms with Crippen molar-refractivity contribution in [3.8, 4) is 16.9 Å². The highest BCUT2D eigenvalue weighted by atomic mass is 32.1. The van der Waals surface area contributed by atoms with Gasteiger partial charge in [0.25, 0.3) is 0 Å². The average Bonchev–Trinajstić information content (AvgIpc) is 3.42. The molecule has 4 nitrogen and oxygen atoms in total. The Morgan fingerprint density at radius 3 is 2.70 bits per heavy atom. The van der Waals surface area contributed by atoms with Crippen molar-refractivity contribution < 1.29 is 13.9 Å². The van der Waals surface area contributed by atoms with Gasteiger partial charge in [-0.3, -0.25) is 4.79 Å². The summed E-state index contributed by atoms with van der Waals surface area (Å²) in [5.74, 6) is 0.590. The third kappa shape index (κ3) is 3.89. The Kier molecular flexibility index (Phi) is 5.72. The summed E-state index contributed by atoms with van der Waals surface area (Å²) in [7, 11) is 1.64. The van der Waals surface area contributed by atoms with Crippen LogP contribution in [0.3, 0.4) is 0 Å². The second kappa shape index (κ2) is 8.59. The van der Waals surface area contributed by atoms with Crippen molar-refractivity contribution in [2.45, 2.75) is 20.4 Å². The fourth-order valence-electron chi connectivity index (χ4n) is 3.63. The number of nitrogens with one attached hydrogen (secondary N) is 1. The van der Waals surface area contributed by atoms with E-state index < -0.39 is 0 Å². The van der Waals surface area contributed by atoms with Crippen molar-refractivity contribution in [3.63, 3.8) is 0 Å². The van der Waals surface area contributed by atoms with Crippen LogP contribution < -0.4 is 10.1 Å². The second-order valence-corrected chi connectivity index (χ2v) is 8.13. The summed E-state index contributed by atoms with van der Waals surface area (Å²) in [4.78, 5) is 13.6. The number of rotatable bonds is 6. The number of hydrogen-bond acceptors (Lipinski definition) is 4. The minimum absolute atomic E-state index is 0.129. The first-order valence-corrected chi connectivity index (χ1v) is 10.6. The zero-order valence-electron chi connectivity index (χ0n) is 17.2. The maximum atomic E-state index is 12.5. The summed E-state index contributed by atoms with van der Waals surface area (Å²) in [6, 6.07) is 16.2. The summed E-state index contributed by atoms with van der Waals surface area (Å²) >= 11 is 1.62. The topological polar surface area (TPSA) is 51.5 Å². The minimum atomic E-state index is -0.129. The van der Waals surface area contributed by atoms with E-state index in [1.807, 2.05) is 55.6 Å². The number of fused-ring (bicyclic) bond motifs is 1. The lowest BCUT2D eigenvalue weighted by Crippen LogP contribution is -2.20. The highest BCUT2D eigenvalue weighted by Gasteiger charge is 2.18. The number of benzene rings is 2. The molecule has 5 heteroatoms. The maximum absolute atomic E-state index is 12.5. The molecule has 0 atom stereocenters. The Morgan fingerprint density at radius 2 is 2.00 bits per heavy atom. The number of methoxy groups -OCH3 is 1. The SMILES string of the molecule is COc1c(/C(C)=C/C(=O)NCc2cccs2)cc2c(-c3ccccc3)coc2c1C. The molecule has 0 saturated heterocycles. The molecule has 2 heterocycles. The first-order valence-electron chi connectivity index (χ1n) is 9.71. The number of aryl methyl sites for hydroxylation is 1. The predicted molar refractivity (Wildman–Crippen MR) is 123 cm³/mol. The first kappa shape index (κ1) is 20.0. The molecule has 0 radical (unpaired) electrons. The Balaban J connectivity index is 1.72. The number of ether oxygens (including phenoxy) is 1. The van der Waals surface area contributed by atoms with Crippen LogP contribution in [0.25, 0.3) is 27.7 Å². The zero-order chi connectivity index (χ0) is 21.1. The molecule has 0 spiro atoms. The molecule has 0 unspecified atom stereocenters. The minimum Gasteiger partial charge on any atom is -0.496 e. The van der Waals surface area contributed by atoms with Crippen LogP contribution in [0.15, 0.2) is 70.7 Å². The van der Waals surface area contributed by atoms with E-state index in [2.05, 4.69) is 17.4 Å². The predicted octanol–water partition coefficient (Wildman–Crippen LogP) is 6.20. The number of carbonyl (C=O) groups is 1. The Labute approximate surface area is 179 Å². The molecule has 0 aliphatic carbocycles. The highest BCUT2D eigenvalue weighted by molar-refractivity contribution is 7.09. The largest absolute Gasteiger partial charge is 0.496 e. The molecule has 152 valence electrons. The van der Waals surface area contributed by atoms with Gasteiger partial charge in [0.15, 0.2) is 0 Å². The lowest BCUT2D eigenvalue weighted by Gasteiger charge is -2.13. The lowest BCUT2D eigenvalue weighted by atomic mass is 9.96. The van der Waals surface area contributed by atoms with Gasteiger partial charge in [-0.05, 0) is 42.5 Å². The Hall–Kier alpha value is -3.31. The molecule has 0 bridgehead atoms. The van der Waals surface area contributed by atoms with Crippen LogP contribution >= 0.6 is 11.3 Å². The van der Waals surface area contributed by atoms with Gasteiger partial charge < -0.3 is 14.5 Å². The third-order valence-corrected chi connectivity index (χ3v) is 6.00. The van der Waals surface area contributed by atoms with Crippen LogP contribution in [-0.2, 0) is 11.3 Å². The summed E-state index contributed by atoms with van der Waals surface area (Å²) in [6.07, 6.45) is 3.40.